The fraction of sp³-hybridized carbons (Fsp3) is 0.444. The van der Waals surface area contributed by atoms with Crippen LogP contribution in [0.2, 0.25) is 0 Å². The highest BCUT2D eigenvalue weighted by Crippen LogP contribution is 2.32. The molecule has 0 fully saturated rings. The first kappa shape index (κ1) is 14.9. The Kier molecular flexibility index (Phi) is 4.66. The van der Waals surface area contributed by atoms with Gasteiger partial charge in [-0.05, 0) is 30.0 Å². The number of nitrogens with one attached hydrogen (secondary N) is 1. The molecule has 0 amide bonds. The number of aromatic nitrogens is 1. The zero-order chi connectivity index (χ0) is 14.6. The van der Waals surface area contributed by atoms with E-state index < -0.39 is 0 Å². The summed E-state index contributed by atoms with van der Waals surface area (Å²) in [6.07, 6.45) is 2.14. The van der Waals surface area contributed by atoms with Gasteiger partial charge in [-0.3, -0.25) is 0 Å². The maximum atomic E-state index is 3.73. The predicted octanol–water partition coefficient (Wildman–Crippen LogP) is 4.39. The Morgan fingerprint density at radius 1 is 1.05 bits per heavy atom. The van der Waals surface area contributed by atoms with Crippen LogP contribution in [0.5, 0.6) is 0 Å². The quantitative estimate of drug-likeness (QED) is 0.853. The lowest BCUT2D eigenvalue weighted by Crippen LogP contribution is -2.32. The van der Waals surface area contributed by atoms with Crippen LogP contribution in [0, 0.1) is 5.41 Å². The second-order valence-electron chi connectivity index (χ2n) is 6.38. The Morgan fingerprint density at radius 2 is 1.75 bits per heavy atom. The molecule has 0 saturated carbocycles. The summed E-state index contributed by atoms with van der Waals surface area (Å²) in [5.41, 5.74) is 2.89. The van der Waals surface area contributed by atoms with Gasteiger partial charge >= 0.3 is 0 Å². The fourth-order valence-corrected chi connectivity index (χ4v) is 2.69. The van der Waals surface area contributed by atoms with E-state index in [1.54, 1.807) is 0 Å². The molecule has 0 spiro atoms. The summed E-state index contributed by atoms with van der Waals surface area (Å²) in [4.78, 5) is 0. The van der Waals surface area contributed by atoms with Crippen molar-refractivity contribution in [1.29, 1.82) is 0 Å². The highest BCUT2D eigenvalue weighted by atomic mass is 15.0. The molecule has 1 heterocycles. The van der Waals surface area contributed by atoms with Crippen molar-refractivity contribution in [3.63, 3.8) is 0 Å². The highest BCUT2D eigenvalue weighted by Gasteiger charge is 2.25. The van der Waals surface area contributed by atoms with Crippen molar-refractivity contribution in [2.24, 2.45) is 5.41 Å². The molecule has 1 N–H and O–H groups in total. The molecule has 108 valence electrons. The summed E-state index contributed by atoms with van der Waals surface area (Å²) in [5, 5.41) is 3.73. The van der Waals surface area contributed by atoms with Crippen LogP contribution in [-0.4, -0.2) is 4.57 Å². The molecule has 0 aliphatic rings. The Balaban J connectivity index is 2.14. The van der Waals surface area contributed by atoms with E-state index in [4.69, 9.17) is 0 Å². The van der Waals surface area contributed by atoms with E-state index in [1.165, 1.54) is 11.3 Å². The monoisotopic (exact) mass is 270 g/mol. The lowest BCUT2D eigenvalue weighted by Gasteiger charge is -2.32. The van der Waals surface area contributed by atoms with E-state index in [2.05, 4.69) is 86.2 Å². The largest absolute Gasteiger partial charge is 0.351 e. The van der Waals surface area contributed by atoms with Gasteiger partial charge in [0.15, 0.2) is 0 Å². The highest BCUT2D eigenvalue weighted by molar-refractivity contribution is 5.21. The van der Waals surface area contributed by atoms with Crippen LogP contribution >= 0.6 is 0 Å². The lowest BCUT2D eigenvalue weighted by molar-refractivity contribution is 0.269. The number of rotatable bonds is 5. The SMILES string of the molecule is CCn1cccc1CNC(c1ccccc1)C(C)(C)C. The van der Waals surface area contributed by atoms with Crippen molar-refractivity contribution in [2.45, 2.75) is 46.8 Å². The predicted molar refractivity (Wildman–Crippen MR) is 85.6 cm³/mol. The molecule has 0 aliphatic carbocycles. The third-order valence-corrected chi connectivity index (χ3v) is 3.75. The molecular formula is C18H26N2. The van der Waals surface area contributed by atoms with Crippen LogP contribution in [0.1, 0.15) is 45.0 Å². The van der Waals surface area contributed by atoms with E-state index in [0.29, 0.717) is 6.04 Å². The second-order valence-corrected chi connectivity index (χ2v) is 6.38. The van der Waals surface area contributed by atoms with Gasteiger partial charge in [0.05, 0.1) is 0 Å². The summed E-state index contributed by atoms with van der Waals surface area (Å²) < 4.78 is 2.29. The molecule has 2 heteroatoms. The van der Waals surface area contributed by atoms with Gasteiger partial charge in [-0.2, -0.15) is 0 Å². The van der Waals surface area contributed by atoms with Crippen LogP contribution in [0.3, 0.4) is 0 Å². The summed E-state index contributed by atoms with van der Waals surface area (Å²) in [6, 6.07) is 15.4. The first-order valence-electron chi connectivity index (χ1n) is 7.44. The van der Waals surface area contributed by atoms with E-state index in [-0.39, 0.29) is 5.41 Å². The molecule has 0 radical (unpaired) electrons. The number of benzene rings is 1. The zero-order valence-electron chi connectivity index (χ0n) is 13.1. The average Bonchev–Trinajstić information content (AvgIpc) is 2.86. The Bertz CT molecular complexity index is 520. The lowest BCUT2D eigenvalue weighted by atomic mass is 9.82. The molecule has 1 aromatic carbocycles. The Morgan fingerprint density at radius 3 is 2.35 bits per heavy atom. The van der Waals surface area contributed by atoms with Crippen LogP contribution in [-0.2, 0) is 13.1 Å². The van der Waals surface area contributed by atoms with Gasteiger partial charge in [0.2, 0.25) is 0 Å². The van der Waals surface area contributed by atoms with Crippen LogP contribution in [0.4, 0.5) is 0 Å². The van der Waals surface area contributed by atoms with Gasteiger partial charge in [-0.1, -0.05) is 51.1 Å². The smallest absolute Gasteiger partial charge is 0.0372 e. The Hall–Kier alpha value is -1.54. The minimum Gasteiger partial charge on any atom is -0.351 e. The van der Waals surface area contributed by atoms with Crippen molar-refractivity contribution in [2.75, 3.05) is 0 Å². The van der Waals surface area contributed by atoms with Crippen molar-refractivity contribution in [3.8, 4) is 0 Å². The summed E-state index contributed by atoms with van der Waals surface area (Å²) in [7, 11) is 0. The molecule has 2 nitrogen and oxygen atoms in total. The number of hydrogen-bond donors (Lipinski definition) is 1. The average molecular weight is 270 g/mol. The van der Waals surface area contributed by atoms with Gasteiger partial charge in [0.1, 0.15) is 0 Å². The standard InChI is InChI=1S/C18H26N2/c1-5-20-13-9-12-16(20)14-19-17(18(2,3)4)15-10-7-6-8-11-15/h6-13,17,19H,5,14H2,1-4H3. The molecule has 2 rings (SSSR count). The fourth-order valence-electron chi connectivity index (χ4n) is 2.69. The molecule has 20 heavy (non-hydrogen) atoms. The van der Waals surface area contributed by atoms with E-state index in [0.717, 1.165) is 13.1 Å². The molecule has 1 aromatic heterocycles. The molecule has 1 atom stereocenters. The maximum Gasteiger partial charge on any atom is 0.0372 e. The summed E-state index contributed by atoms with van der Waals surface area (Å²) in [5.74, 6) is 0. The van der Waals surface area contributed by atoms with E-state index in [1.807, 2.05) is 0 Å². The molecule has 2 aromatic rings. The minimum atomic E-state index is 0.186. The third-order valence-electron chi connectivity index (χ3n) is 3.75. The van der Waals surface area contributed by atoms with Crippen molar-refractivity contribution in [1.82, 2.24) is 9.88 Å². The molecular weight excluding hydrogens is 244 g/mol. The topological polar surface area (TPSA) is 17.0 Å². The van der Waals surface area contributed by atoms with Gasteiger partial charge in [0.25, 0.3) is 0 Å². The summed E-state index contributed by atoms with van der Waals surface area (Å²) in [6.45, 7) is 11.0. The third kappa shape index (κ3) is 3.51. The zero-order valence-corrected chi connectivity index (χ0v) is 13.1. The molecule has 0 bridgehead atoms. The first-order chi connectivity index (χ1) is 9.52. The number of hydrogen-bond acceptors (Lipinski definition) is 1. The molecule has 1 unspecified atom stereocenters. The maximum absolute atomic E-state index is 3.73. The minimum absolute atomic E-state index is 0.186. The van der Waals surface area contributed by atoms with E-state index in [9.17, 15) is 0 Å². The van der Waals surface area contributed by atoms with Gasteiger partial charge in [-0.15, -0.1) is 0 Å². The molecule has 0 aliphatic heterocycles. The van der Waals surface area contributed by atoms with Crippen molar-refractivity contribution in [3.05, 3.63) is 59.9 Å². The summed E-state index contributed by atoms with van der Waals surface area (Å²) >= 11 is 0. The normalized spacial score (nSPS) is 13.4. The van der Waals surface area contributed by atoms with Gasteiger partial charge < -0.3 is 9.88 Å². The van der Waals surface area contributed by atoms with Crippen LogP contribution in [0.25, 0.3) is 0 Å². The Labute approximate surface area is 122 Å². The first-order valence-corrected chi connectivity index (χ1v) is 7.44. The van der Waals surface area contributed by atoms with Crippen molar-refractivity contribution >= 4 is 0 Å². The van der Waals surface area contributed by atoms with Gasteiger partial charge in [0, 0.05) is 31.0 Å². The second kappa shape index (κ2) is 6.27. The van der Waals surface area contributed by atoms with Gasteiger partial charge in [-0.25, -0.2) is 0 Å². The number of nitrogens with zero attached hydrogens (tertiary/aromatic N) is 1. The molecule has 0 saturated heterocycles. The van der Waals surface area contributed by atoms with Crippen LogP contribution in [0.15, 0.2) is 48.7 Å². The van der Waals surface area contributed by atoms with Crippen molar-refractivity contribution < 1.29 is 0 Å². The van der Waals surface area contributed by atoms with Crippen LogP contribution < -0.4 is 5.32 Å². The van der Waals surface area contributed by atoms with E-state index >= 15 is 0 Å². The number of aryl methyl sites for hydroxylation is 1.